The fourth-order valence-electron chi connectivity index (χ4n) is 0. The molecule has 0 radical (unpaired) electrons. The molecule has 0 aromatic heterocycles. The molecule has 7 heavy (non-hydrogen) atoms. The molecule has 0 aliphatic rings. The average molecular weight is 124 g/mol. The van der Waals surface area contributed by atoms with Crippen LogP contribution < -0.4 is 0 Å². The van der Waals surface area contributed by atoms with E-state index >= 15 is 0 Å². The molecule has 0 aromatic rings. The molecule has 46 valence electrons. The van der Waals surface area contributed by atoms with Crippen molar-refractivity contribution in [2.45, 2.75) is 0 Å². The third-order valence-corrected chi connectivity index (χ3v) is 0.980. The molecular formula is C4H13O2P. The van der Waals surface area contributed by atoms with Crippen molar-refractivity contribution in [2.75, 3.05) is 26.7 Å². The van der Waals surface area contributed by atoms with Crippen LogP contribution >= 0.6 is 6.83 Å². The van der Waals surface area contributed by atoms with Crippen LogP contribution in [0.3, 0.4) is 0 Å². The molecule has 0 saturated heterocycles. The molecule has 0 spiro atoms. The number of hydrogen-bond donors (Lipinski definition) is 1. The molecule has 0 rings (SSSR count). The van der Waals surface area contributed by atoms with Crippen molar-refractivity contribution in [3.8, 4) is 0 Å². The second-order valence-electron chi connectivity index (χ2n) is 3.50. The Kier molecular flexibility index (Phi) is 1.48. The summed E-state index contributed by atoms with van der Waals surface area (Å²) in [7, 11) is 0. The Hall–Kier alpha value is 0.350. The zero-order chi connectivity index (χ0) is 6.15. The average Bonchev–Trinajstić information content (AvgIpc) is 1.32. The van der Waals surface area contributed by atoms with Gasteiger partial charge in [0, 0.05) is 0 Å². The Bertz CT molecular complexity index is 62.2. The van der Waals surface area contributed by atoms with E-state index in [0.29, 0.717) is 0 Å². The summed E-state index contributed by atoms with van der Waals surface area (Å²) >= 11 is 0. The van der Waals surface area contributed by atoms with E-state index in [2.05, 4.69) is 4.67 Å². The van der Waals surface area contributed by atoms with Gasteiger partial charge in [0.15, 0.2) is 0 Å². The first-order chi connectivity index (χ1) is 2.81. The Morgan fingerprint density at radius 2 is 1.29 bits per heavy atom. The maximum atomic E-state index is 8.22. The van der Waals surface area contributed by atoms with Gasteiger partial charge in [-0.15, -0.1) is 0 Å². The molecule has 0 bridgehead atoms. The van der Waals surface area contributed by atoms with Crippen LogP contribution in [0.15, 0.2) is 0 Å². The minimum atomic E-state index is -2.02. The fraction of sp³-hybridized carbons (Fsp3) is 1.00. The van der Waals surface area contributed by atoms with Crippen LogP contribution in [-0.4, -0.2) is 31.9 Å². The van der Waals surface area contributed by atoms with Gasteiger partial charge in [-0.1, -0.05) is 0 Å². The van der Waals surface area contributed by atoms with Crippen molar-refractivity contribution >= 4 is 6.83 Å². The van der Waals surface area contributed by atoms with Crippen LogP contribution in [0.1, 0.15) is 0 Å². The third-order valence-electron chi connectivity index (χ3n) is 0.327. The van der Waals surface area contributed by atoms with Crippen molar-refractivity contribution in [1.29, 1.82) is 0 Å². The second-order valence-corrected chi connectivity index (χ2v) is 10.5. The monoisotopic (exact) mass is 124 g/mol. The molecule has 0 atom stereocenters. The molecule has 0 fully saturated rings. The topological polar surface area (TPSA) is 29.5 Å². The summed E-state index contributed by atoms with van der Waals surface area (Å²) in [6.45, 7) is 5.67. The van der Waals surface area contributed by atoms with Crippen molar-refractivity contribution in [3.63, 3.8) is 0 Å². The maximum absolute atomic E-state index is 8.22. The van der Waals surface area contributed by atoms with Crippen LogP contribution in [0.2, 0.25) is 0 Å². The zero-order valence-corrected chi connectivity index (χ0v) is 6.20. The first kappa shape index (κ1) is 7.35. The molecule has 0 heterocycles. The van der Waals surface area contributed by atoms with E-state index in [1.807, 2.05) is 26.7 Å². The van der Waals surface area contributed by atoms with E-state index in [1.165, 1.54) is 0 Å². The van der Waals surface area contributed by atoms with Gasteiger partial charge in [-0.25, -0.2) is 0 Å². The zero-order valence-electron chi connectivity index (χ0n) is 5.30. The van der Waals surface area contributed by atoms with Gasteiger partial charge in [0.1, 0.15) is 0 Å². The minimum absolute atomic E-state index is 1.92. The van der Waals surface area contributed by atoms with Gasteiger partial charge >= 0.3 is 43.4 Å². The Labute approximate surface area is 44.4 Å². The first-order valence-corrected chi connectivity index (χ1v) is 6.10. The summed E-state index contributed by atoms with van der Waals surface area (Å²) in [4.78, 5) is 0. The molecular weight excluding hydrogens is 111 g/mol. The van der Waals surface area contributed by atoms with E-state index < -0.39 is 6.83 Å². The van der Waals surface area contributed by atoms with Gasteiger partial charge in [0.05, 0.1) is 0 Å². The number of hydrogen-bond acceptors (Lipinski definition) is 2. The fourth-order valence-corrected chi connectivity index (χ4v) is 0. The molecule has 0 saturated carbocycles. The van der Waals surface area contributed by atoms with Crippen LogP contribution in [0.25, 0.3) is 0 Å². The molecule has 0 unspecified atom stereocenters. The van der Waals surface area contributed by atoms with Crippen LogP contribution in [0.5, 0.6) is 0 Å². The van der Waals surface area contributed by atoms with Gasteiger partial charge in [0.25, 0.3) is 0 Å². The van der Waals surface area contributed by atoms with Gasteiger partial charge in [-0.3, -0.25) is 0 Å². The molecule has 3 heteroatoms. The van der Waals surface area contributed by atoms with Gasteiger partial charge < -0.3 is 0 Å². The first-order valence-electron chi connectivity index (χ1n) is 2.15. The predicted molar refractivity (Wildman–Crippen MR) is 34.3 cm³/mol. The number of rotatable bonds is 1. The summed E-state index contributed by atoms with van der Waals surface area (Å²) in [5.41, 5.74) is 0. The van der Waals surface area contributed by atoms with Gasteiger partial charge in [-0.05, 0) is 0 Å². The summed E-state index contributed by atoms with van der Waals surface area (Å²) in [5, 5.41) is 8.22. The Morgan fingerprint density at radius 3 is 1.29 bits per heavy atom. The summed E-state index contributed by atoms with van der Waals surface area (Å²) in [6.07, 6.45) is 0. The molecule has 1 N–H and O–H groups in total. The molecule has 0 amide bonds. The van der Waals surface area contributed by atoms with Gasteiger partial charge in [-0.2, -0.15) is 0 Å². The molecule has 0 aliphatic carbocycles. The summed E-state index contributed by atoms with van der Waals surface area (Å²) in [6, 6.07) is 0. The second kappa shape index (κ2) is 1.41. The van der Waals surface area contributed by atoms with E-state index in [-0.39, 0.29) is 0 Å². The molecule has 0 aromatic carbocycles. The Balaban J connectivity index is 3.83. The summed E-state index contributed by atoms with van der Waals surface area (Å²) in [5.74, 6) is 0. The van der Waals surface area contributed by atoms with Crippen LogP contribution in [0, 0.1) is 0 Å². The van der Waals surface area contributed by atoms with E-state index in [1.54, 1.807) is 0 Å². The van der Waals surface area contributed by atoms with Crippen molar-refractivity contribution in [2.24, 2.45) is 0 Å². The van der Waals surface area contributed by atoms with Crippen molar-refractivity contribution < 1.29 is 9.93 Å². The SMILES string of the molecule is CP(C)(C)(C)OO. The normalized spacial score (nSPS) is 18.1. The standard InChI is InChI=1S/C4H13O2P/c1-7(2,3,4)6-5/h5H,1-4H3. The van der Waals surface area contributed by atoms with Crippen molar-refractivity contribution in [1.82, 2.24) is 0 Å². The quantitative estimate of drug-likeness (QED) is 0.326. The molecule has 2 nitrogen and oxygen atoms in total. The van der Waals surface area contributed by atoms with Crippen LogP contribution in [0.4, 0.5) is 0 Å². The van der Waals surface area contributed by atoms with Gasteiger partial charge in [0.2, 0.25) is 0 Å². The van der Waals surface area contributed by atoms with Crippen molar-refractivity contribution in [3.05, 3.63) is 0 Å². The molecule has 0 aliphatic heterocycles. The van der Waals surface area contributed by atoms with Crippen LogP contribution in [-0.2, 0) is 4.67 Å². The summed E-state index contributed by atoms with van der Waals surface area (Å²) < 4.78 is 4.26. The van der Waals surface area contributed by atoms with E-state index in [9.17, 15) is 0 Å². The third kappa shape index (κ3) is 6.35. The predicted octanol–water partition coefficient (Wildman–Crippen LogP) is 1.46. The Morgan fingerprint density at radius 1 is 1.14 bits per heavy atom. The van der Waals surface area contributed by atoms with E-state index in [4.69, 9.17) is 5.26 Å². The van der Waals surface area contributed by atoms with E-state index in [0.717, 1.165) is 0 Å².